The number of nitriles is 1. The Morgan fingerprint density at radius 2 is 1.88 bits per heavy atom. The zero-order valence-electron chi connectivity index (χ0n) is 14.4. The van der Waals surface area contributed by atoms with Gasteiger partial charge in [-0.05, 0) is 40.0 Å². The van der Waals surface area contributed by atoms with E-state index in [0.717, 1.165) is 28.9 Å². The Kier molecular flexibility index (Phi) is 4.81. The van der Waals surface area contributed by atoms with Gasteiger partial charge in [0.05, 0.1) is 5.25 Å². The maximum Gasteiger partial charge on any atom is 0.411 e. The van der Waals surface area contributed by atoms with Crippen molar-refractivity contribution < 1.29 is 22.7 Å². The van der Waals surface area contributed by atoms with Crippen LogP contribution in [-0.2, 0) is 19.4 Å². The quantitative estimate of drug-likeness (QED) is 0.548. The predicted molar refractivity (Wildman–Crippen MR) is 85.5 cm³/mol. The number of sulfone groups is 1. The van der Waals surface area contributed by atoms with Crippen LogP contribution in [0.15, 0.2) is 0 Å². The topological polar surface area (TPSA) is 108 Å². The Labute approximate surface area is 142 Å². The molecule has 9 heteroatoms. The smallest absolute Gasteiger partial charge is 0.411 e. The van der Waals surface area contributed by atoms with Gasteiger partial charge < -0.3 is 4.74 Å². The van der Waals surface area contributed by atoms with Crippen molar-refractivity contribution in [3.8, 4) is 6.19 Å². The molecule has 2 rings (SSSR count). The summed E-state index contributed by atoms with van der Waals surface area (Å²) >= 11 is 0. The van der Waals surface area contributed by atoms with Crippen molar-refractivity contribution >= 4 is 21.8 Å². The molecule has 1 aliphatic carbocycles. The maximum absolute atomic E-state index is 12.7. The van der Waals surface area contributed by atoms with E-state index in [-0.39, 0.29) is 19.0 Å². The second-order valence-electron chi connectivity index (χ2n) is 7.38. The standard InChI is InChI=1S/C15H23N3O5S/c1-15(2,3)23-14(20)17-8-11(24(4,21)22)7-12(17)13(19)18(9-16)10-5-6-10/h10-12H,5-8H2,1-4H3. The summed E-state index contributed by atoms with van der Waals surface area (Å²) < 4.78 is 29.0. The highest BCUT2D eigenvalue weighted by Gasteiger charge is 2.48. The number of nitrogens with zero attached hydrogens (tertiary/aromatic N) is 3. The van der Waals surface area contributed by atoms with Gasteiger partial charge in [-0.3, -0.25) is 9.69 Å². The lowest BCUT2D eigenvalue weighted by molar-refractivity contribution is -0.133. The van der Waals surface area contributed by atoms with Crippen LogP contribution in [0.25, 0.3) is 0 Å². The molecule has 0 aromatic heterocycles. The first-order valence-corrected chi connectivity index (χ1v) is 9.81. The molecule has 0 N–H and O–H groups in total. The van der Waals surface area contributed by atoms with E-state index < -0.39 is 38.7 Å². The minimum Gasteiger partial charge on any atom is -0.444 e. The largest absolute Gasteiger partial charge is 0.444 e. The van der Waals surface area contributed by atoms with E-state index in [0.29, 0.717) is 0 Å². The molecule has 1 aliphatic heterocycles. The van der Waals surface area contributed by atoms with E-state index in [2.05, 4.69) is 0 Å². The lowest BCUT2D eigenvalue weighted by atomic mass is 10.2. The van der Waals surface area contributed by atoms with Crippen LogP contribution >= 0.6 is 0 Å². The second-order valence-corrected chi connectivity index (χ2v) is 9.70. The molecule has 1 saturated heterocycles. The summed E-state index contributed by atoms with van der Waals surface area (Å²) in [5.74, 6) is -0.531. The van der Waals surface area contributed by atoms with Gasteiger partial charge in [-0.1, -0.05) is 0 Å². The fourth-order valence-corrected chi connectivity index (χ4v) is 3.63. The number of rotatable bonds is 3. The van der Waals surface area contributed by atoms with E-state index in [4.69, 9.17) is 4.74 Å². The summed E-state index contributed by atoms with van der Waals surface area (Å²) in [5, 5.41) is 8.37. The highest BCUT2D eigenvalue weighted by Crippen LogP contribution is 2.31. The van der Waals surface area contributed by atoms with Crippen LogP contribution in [0.4, 0.5) is 4.79 Å². The fourth-order valence-electron chi connectivity index (χ4n) is 2.67. The van der Waals surface area contributed by atoms with Crippen LogP contribution in [0, 0.1) is 11.5 Å². The average molecular weight is 357 g/mol. The van der Waals surface area contributed by atoms with Crippen molar-refractivity contribution in [1.29, 1.82) is 5.26 Å². The molecular weight excluding hydrogens is 334 g/mol. The number of hydrogen-bond acceptors (Lipinski definition) is 6. The lowest BCUT2D eigenvalue weighted by Gasteiger charge is -2.29. The third kappa shape index (κ3) is 4.17. The maximum atomic E-state index is 12.7. The molecule has 0 aromatic rings. The van der Waals surface area contributed by atoms with E-state index in [1.54, 1.807) is 20.8 Å². The summed E-state index contributed by atoms with van der Waals surface area (Å²) in [6, 6.07) is -1.12. The fraction of sp³-hybridized carbons (Fsp3) is 0.800. The van der Waals surface area contributed by atoms with Gasteiger partial charge in [-0.2, -0.15) is 5.26 Å². The normalized spacial score (nSPS) is 24.4. The number of amides is 2. The summed E-state index contributed by atoms with van der Waals surface area (Å²) in [6.07, 6.45) is 3.68. The SMILES string of the molecule is CC(C)(C)OC(=O)N1CC(S(C)(=O)=O)CC1C(=O)N(C#N)C1CC1. The van der Waals surface area contributed by atoms with Gasteiger partial charge in [0.1, 0.15) is 11.6 Å². The Morgan fingerprint density at radius 1 is 1.29 bits per heavy atom. The predicted octanol–water partition coefficient (Wildman–Crippen LogP) is 0.881. The summed E-state index contributed by atoms with van der Waals surface area (Å²) in [4.78, 5) is 27.3. The van der Waals surface area contributed by atoms with Gasteiger partial charge in [0.25, 0.3) is 5.91 Å². The molecule has 2 unspecified atom stereocenters. The molecule has 2 aliphatic rings. The molecule has 24 heavy (non-hydrogen) atoms. The molecular formula is C15H23N3O5S. The van der Waals surface area contributed by atoms with Crippen LogP contribution in [0.5, 0.6) is 0 Å². The average Bonchev–Trinajstić information content (AvgIpc) is 3.13. The minimum atomic E-state index is -3.42. The monoisotopic (exact) mass is 357 g/mol. The molecule has 0 radical (unpaired) electrons. The molecule has 0 aromatic carbocycles. The van der Waals surface area contributed by atoms with Crippen molar-refractivity contribution in [3.63, 3.8) is 0 Å². The zero-order valence-corrected chi connectivity index (χ0v) is 15.2. The van der Waals surface area contributed by atoms with Gasteiger partial charge in [0.15, 0.2) is 16.0 Å². The highest BCUT2D eigenvalue weighted by molar-refractivity contribution is 7.91. The van der Waals surface area contributed by atoms with Crippen LogP contribution in [0.3, 0.4) is 0 Å². The molecule has 134 valence electrons. The minimum absolute atomic E-state index is 0.0121. The van der Waals surface area contributed by atoms with E-state index in [1.807, 2.05) is 6.19 Å². The first-order valence-electron chi connectivity index (χ1n) is 7.85. The molecule has 2 amide bonds. The van der Waals surface area contributed by atoms with Gasteiger partial charge in [0, 0.05) is 18.8 Å². The molecule has 0 spiro atoms. The van der Waals surface area contributed by atoms with Crippen LogP contribution in [0.1, 0.15) is 40.0 Å². The second kappa shape index (κ2) is 6.24. The number of likely N-dealkylation sites (tertiary alicyclic amines) is 1. The third-order valence-electron chi connectivity index (χ3n) is 4.04. The molecule has 1 heterocycles. The van der Waals surface area contributed by atoms with Crippen LogP contribution < -0.4 is 0 Å². The number of ether oxygens (including phenoxy) is 1. The van der Waals surface area contributed by atoms with E-state index in [1.165, 1.54) is 0 Å². The van der Waals surface area contributed by atoms with E-state index in [9.17, 15) is 23.3 Å². The first-order chi connectivity index (χ1) is 10.9. The number of carbonyl (C=O) groups excluding carboxylic acids is 2. The van der Waals surface area contributed by atoms with Gasteiger partial charge >= 0.3 is 6.09 Å². The zero-order chi connectivity index (χ0) is 18.3. The number of hydrogen-bond donors (Lipinski definition) is 0. The van der Waals surface area contributed by atoms with Gasteiger partial charge in [0.2, 0.25) is 0 Å². The Morgan fingerprint density at radius 3 is 2.29 bits per heavy atom. The van der Waals surface area contributed by atoms with Crippen molar-refractivity contribution in [2.24, 2.45) is 0 Å². The third-order valence-corrected chi connectivity index (χ3v) is 5.59. The van der Waals surface area contributed by atoms with Crippen molar-refractivity contribution in [2.75, 3.05) is 12.8 Å². The van der Waals surface area contributed by atoms with E-state index >= 15 is 0 Å². The summed E-state index contributed by atoms with van der Waals surface area (Å²) in [6.45, 7) is 4.97. The van der Waals surface area contributed by atoms with Crippen molar-refractivity contribution in [1.82, 2.24) is 9.80 Å². The van der Waals surface area contributed by atoms with Gasteiger partial charge in [-0.15, -0.1) is 0 Å². The van der Waals surface area contributed by atoms with Gasteiger partial charge in [-0.25, -0.2) is 18.1 Å². The molecule has 8 nitrogen and oxygen atoms in total. The first kappa shape index (κ1) is 18.5. The number of carbonyl (C=O) groups is 2. The van der Waals surface area contributed by atoms with Crippen LogP contribution in [0.2, 0.25) is 0 Å². The summed E-state index contributed by atoms with van der Waals surface area (Å²) in [7, 11) is -3.42. The van der Waals surface area contributed by atoms with Crippen molar-refractivity contribution in [2.45, 2.75) is 63.0 Å². The Balaban J connectivity index is 2.25. The lowest BCUT2D eigenvalue weighted by Crippen LogP contribution is -2.48. The Hall–Kier alpha value is -1.82. The Bertz CT molecular complexity index is 672. The van der Waals surface area contributed by atoms with Crippen molar-refractivity contribution in [3.05, 3.63) is 0 Å². The molecule has 1 saturated carbocycles. The molecule has 0 bridgehead atoms. The highest BCUT2D eigenvalue weighted by atomic mass is 32.2. The summed E-state index contributed by atoms with van der Waals surface area (Å²) in [5.41, 5.74) is -0.765. The van der Waals surface area contributed by atoms with Crippen LogP contribution in [-0.4, -0.2) is 66.0 Å². The molecule has 2 atom stereocenters. The molecule has 2 fully saturated rings.